The zero-order chi connectivity index (χ0) is 43.1. The number of rotatable bonds is 12. The molecule has 5 aromatic carbocycles. The van der Waals surface area contributed by atoms with Crippen molar-refractivity contribution in [2.24, 2.45) is 4.99 Å². The maximum Gasteiger partial charge on any atom is 0.306 e. The van der Waals surface area contributed by atoms with Gasteiger partial charge >= 0.3 is 5.97 Å². The lowest BCUT2D eigenvalue weighted by Crippen LogP contribution is -2.39. The molecule has 0 fully saturated rings. The van der Waals surface area contributed by atoms with Crippen LogP contribution in [0.3, 0.4) is 0 Å². The average Bonchev–Trinajstić information content (AvgIpc) is 3.79. The van der Waals surface area contributed by atoms with Gasteiger partial charge in [-0.3, -0.25) is 29.1 Å². The minimum absolute atomic E-state index is 0.0322. The Kier molecular flexibility index (Phi) is 10.7. The van der Waals surface area contributed by atoms with Gasteiger partial charge < -0.3 is 38.8 Å². The number of ether oxygens (including phenoxy) is 5. The van der Waals surface area contributed by atoms with Crippen molar-refractivity contribution >= 4 is 58.3 Å². The van der Waals surface area contributed by atoms with Crippen molar-refractivity contribution < 1.29 is 42.9 Å². The molecule has 0 bridgehead atoms. The monoisotopic (exact) mass is 835 g/mol. The maximum atomic E-state index is 14.0. The molecule has 1 N–H and O–H groups in total. The fourth-order valence-corrected chi connectivity index (χ4v) is 8.65. The number of carbonyl (C=O) groups excluding carboxylic acids is 4. The van der Waals surface area contributed by atoms with Crippen molar-refractivity contribution in [2.75, 3.05) is 54.9 Å². The summed E-state index contributed by atoms with van der Waals surface area (Å²) in [6.07, 6.45) is 3.12. The maximum absolute atomic E-state index is 14.0. The number of methoxy groups -OCH3 is 3. The molecule has 3 amide bonds. The molecule has 9 rings (SSSR count). The summed E-state index contributed by atoms with van der Waals surface area (Å²) in [6.45, 7) is 0.678. The van der Waals surface area contributed by atoms with E-state index in [0.29, 0.717) is 75.3 Å². The van der Waals surface area contributed by atoms with Gasteiger partial charge in [-0.15, -0.1) is 0 Å². The molecule has 62 heavy (non-hydrogen) atoms. The number of hydrogen-bond donors (Lipinski definition) is 1. The molecule has 0 aliphatic carbocycles. The topological polar surface area (TPSA) is 149 Å². The van der Waals surface area contributed by atoms with Crippen LogP contribution in [0.4, 0.5) is 28.4 Å². The van der Waals surface area contributed by atoms with E-state index < -0.39 is 5.97 Å². The Hall–Kier alpha value is -7.35. The molecule has 14 nitrogen and oxygen atoms in total. The van der Waals surface area contributed by atoms with E-state index in [2.05, 4.69) is 11.4 Å². The lowest BCUT2D eigenvalue weighted by molar-refractivity contribution is -0.141. The first-order valence-electron chi connectivity index (χ1n) is 20.4. The molecular formula is C48H45N5O9. The third kappa shape index (κ3) is 7.41. The second-order valence-corrected chi connectivity index (χ2v) is 15.6. The van der Waals surface area contributed by atoms with Gasteiger partial charge in [0.2, 0.25) is 5.91 Å². The number of hydrogen-bond acceptors (Lipinski definition) is 11. The van der Waals surface area contributed by atoms with Crippen LogP contribution in [0, 0.1) is 0 Å². The van der Waals surface area contributed by atoms with Gasteiger partial charge in [0.15, 0.2) is 23.0 Å². The normalized spacial score (nSPS) is 16.6. The number of nitrogens with zero attached hydrogens (tertiary/aromatic N) is 4. The number of amides is 3. The Morgan fingerprint density at radius 1 is 0.726 bits per heavy atom. The van der Waals surface area contributed by atoms with Crippen molar-refractivity contribution in [3.05, 3.63) is 124 Å². The van der Waals surface area contributed by atoms with E-state index in [4.69, 9.17) is 28.7 Å². The van der Waals surface area contributed by atoms with Crippen molar-refractivity contribution in [3.8, 4) is 23.0 Å². The molecule has 0 aromatic heterocycles. The zero-order valence-electron chi connectivity index (χ0n) is 34.8. The van der Waals surface area contributed by atoms with Crippen LogP contribution in [0.25, 0.3) is 0 Å². The van der Waals surface area contributed by atoms with E-state index >= 15 is 0 Å². The number of fused-ring (bicyclic) bond motifs is 8. The summed E-state index contributed by atoms with van der Waals surface area (Å²) < 4.78 is 29.1. The second-order valence-electron chi connectivity index (χ2n) is 15.6. The molecule has 0 saturated carbocycles. The van der Waals surface area contributed by atoms with Gasteiger partial charge in [-0.2, -0.15) is 0 Å². The van der Waals surface area contributed by atoms with Crippen LogP contribution >= 0.6 is 0 Å². The molecule has 4 aliphatic heterocycles. The molecule has 0 saturated heterocycles. The first-order chi connectivity index (χ1) is 30.1. The summed E-state index contributed by atoms with van der Waals surface area (Å²) >= 11 is 0. The number of nitrogens with one attached hydrogen (secondary N) is 1. The molecule has 1 unspecified atom stereocenters. The first kappa shape index (κ1) is 40.1. The second kappa shape index (κ2) is 16.6. The third-order valence-electron chi connectivity index (χ3n) is 11.8. The summed E-state index contributed by atoms with van der Waals surface area (Å²) in [5.74, 6) is 0.501. The highest BCUT2D eigenvalue weighted by Crippen LogP contribution is 2.43. The van der Waals surface area contributed by atoms with Crippen LogP contribution in [0.5, 0.6) is 23.0 Å². The van der Waals surface area contributed by atoms with E-state index in [9.17, 15) is 19.2 Å². The summed E-state index contributed by atoms with van der Waals surface area (Å²) in [7, 11) is 5.97. The Labute approximate surface area is 358 Å². The first-order valence-corrected chi connectivity index (χ1v) is 20.4. The molecule has 4 aliphatic rings. The number of anilines is 4. The number of benzene rings is 5. The van der Waals surface area contributed by atoms with Crippen molar-refractivity contribution in [1.82, 2.24) is 0 Å². The summed E-state index contributed by atoms with van der Waals surface area (Å²) in [4.78, 5) is 63.0. The predicted molar refractivity (Wildman–Crippen MR) is 234 cm³/mol. The van der Waals surface area contributed by atoms with E-state index in [0.717, 1.165) is 28.9 Å². The van der Waals surface area contributed by atoms with Gasteiger partial charge in [-0.05, 0) is 71.1 Å². The van der Waals surface area contributed by atoms with Crippen LogP contribution in [0.15, 0.2) is 96.0 Å². The highest BCUT2D eigenvalue weighted by atomic mass is 16.5. The number of esters is 1. The quantitative estimate of drug-likeness (QED) is 0.130. The Bertz CT molecular complexity index is 2660. The smallest absolute Gasteiger partial charge is 0.306 e. The molecular weight excluding hydrogens is 791 g/mol. The molecule has 4 heterocycles. The zero-order valence-corrected chi connectivity index (χ0v) is 34.8. The highest BCUT2D eigenvalue weighted by molar-refractivity contribution is 6.15. The van der Waals surface area contributed by atoms with Gasteiger partial charge in [0.25, 0.3) is 11.8 Å². The molecule has 14 heteroatoms. The summed E-state index contributed by atoms with van der Waals surface area (Å²) in [6, 6.07) is 28.0. The summed E-state index contributed by atoms with van der Waals surface area (Å²) in [5, 5.41) is 3.47. The van der Waals surface area contributed by atoms with Crippen molar-refractivity contribution in [2.45, 2.75) is 51.0 Å². The minimum Gasteiger partial charge on any atom is -0.493 e. The third-order valence-corrected chi connectivity index (χ3v) is 11.8. The lowest BCUT2D eigenvalue weighted by Gasteiger charge is -2.23. The number of para-hydroxylation sites is 2. The Balaban J connectivity index is 0.982. The molecule has 5 aromatic rings. The molecule has 2 atom stereocenters. The van der Waals surface area contributed by atoms with Gasteiger partial charge in [0.05, 0.1) is 62.3 Å². The van der Waals surface area contributed by atoms with Crippen LogP contribution in [-0.2, 0) is 40.4 Å². The molecule has 0 spiro atoms. The van der Waals surface area contributed by atoms with E-state index in [1.54, 1.807) is 42.4 Å². The Morgan fingerprint density at radius 2 is 1.34 bits per heavy atom. The molecule has 316 valence electrons. The predicted octanol–water partition coefficient (Wildman–Crippen LogP) is 7.06. The Morgan fingerprint density at radius 3 is 2.02 bits per heavy atom. The number of aliphatic imine (C=N–C) groups is 1. The SMILES string of the molecule is COC(=O)CCC(=O)N(C)c1cc(COc2cc3c(cc2OC)C(=O)N2c4ccccc4C[C@H]2C=N3)cc(COc2cc3c(cc2OC)C(=O)N2c4ccccc4CC2CN3)c1. The summed E-state index contributed by atoms with van der Waals surface area (Å²) in [5.41, 5.74) is 7.96. The van der Waals surface area contributed by atoms with Crippen molar-refractivity contribution in [1.29, 1.82) is 0 Å². The standard InChI is InChI=1S/C48H45N5O9/c1-51(45(54)13-14-46(55)60-4)32-16-28(26-61-43-22-37-35(20-41(43)58-2)47(56)52-33(24-49-37)18-30-9-5-7-11-39(30)52)15-29(17-32)27-62-44-23-38-36(21-42(44)59-3)48(57)53-34(25-50-38)19-31-10-6-8-12-40(31)53/h5-12,15-17,20-24,33-34,50H,13-14,18-19,25-27H2,1-4H3/t33-,34?/m0/s1. The van der Waals surface area contributed by atoms with Crippen LogP contribution < -0.4 is 39.0 Å². The van der Waals surface area contributed by atoms with E-state index in [1.165, 1.54) is 26.2 Å². The van der Waals surface area contributed by atoms with E-state index in [-0.39, 0.29) is 55.9 Å². The molecule has 0 radical (unpaired) electrons. The minimum atomic E-state index is -0.481. The van der Waals surface area contributed by atoms with Gasteiger partial charge in [-0.25, -0.2) is 0 Å². The lowest BCUT2D eigenvalue weighted by atomic mass is 10.1. The fourth-order valence-electron chi connectivity index (χ4n) is 8.65. The van der Waals surface area contributed by atoms with Gasteiger partial charge in [0.1, 0.15) is 13.2 Å². The van der Waals surface area contributed by atoms with Crippen LogP contribution in [0.2, 0.25) is 0 Å². The van der Waals surface area contributed by atoms with Gasteiger partial charge in [-0.1, -0.05) is 36.4 Å². The average molecular weight is 836 g/mol. The van der Waals surface area contributed by atoms with Gasteiger partial charge in [0, 0.05) is 61.8 Å². The largest absolute Gasteiger partial charge is 0.493 e. The fraction of sp³-hybridized carbons (Fsp3) is 0.271. The van der Waals surface area contributed by atoms with Crippen LogP contribution in [0.1, 0.15) is 55.8 Å². The van der Waals surface area contributed by atoms with E-state index in [1.807, 2.05) is 65.6 Å². The van der Waals surface area contributed by atoms with Crippen LogP contribution in [-0.4, -0.2) is 76.9 Å². The number of carbonyl (C=O) groups is 4. The highest BCUT2D eigenvalue weighted by Gasteiger charge is 2.39. The van der Waals surface area contributed by atoms with Crippen molar-refractivity contribution in [3.63, 3.8) is 0 Å².